The van der Waals surface area contributed by atoms with Gasteiger partial charge in [-0.05, 0) is 34.9 Å². The summed E-state index contributed by atoms with van der Waals surface area (Å²) >= 11 is 0. The lowest BCUT2D eigenvalue weighted by Crippen LogP contribution is -2.69. The molecule has 1 saturated carbocycles. The van der Waals surface area contributed by atoms with Crippen molar-refractivity contribution in [1.29, 1.82) is 0 Å². The van der Waals surface area contributed by atoms with E-state index in [1.807, 2.05) is 84.9 Å². The summed E-state index contributed by atoms with van der Waals surface area (Å²) in [6.45, 7) is 0.0507. The molecule has 4 aliphatic rings. The van der Waals surface area contributed by atoms with Gasteiger partial charge < -0.3 is 34.9 Å². The summed E-state index contributed by atoms with van der Waals surface area (Å²) < 4.78 is 20.2. The van der Waals surface area contributed by atoms with Crippen LogP contribution in [0.3, 0.4) is 0 Å². The third-order valence-corrected chi connectivity index (χ3v) is 11.2. The highest BCUT2D eigenvalue weighted by molar-refractivity contribution is 5.95. The molecule has 13 heteroatoms. The van der Waals surface area contributed by atoms with E-state index < -0.39 is 53.5 Å². The zero-order chi connectivity index (χ0) is 39.7. The van der Waals surface area contributed by atoms with E-state index in [0.29, 0.717) is 11.1 Å². The van der Waals surface area contributed by atoms with Gasteiger partial charge in [0.2, 0.25) is 17.6 Å². The molecule has 3 heterocycles. The first kappa shape index (κ1) is 38.2. The molecule has 57 heavy (non-hydrogen) atoms. The van der Waals surface area contributed by atoms with Gasteiger partial charge in [0.15, 0.2) is 6.04 Å². The van der Waals surface area contributed by atoms with Crippen LogP contribution < -0.4 is 10.6 Å². The van der Waals surface area contributed by atoms with E-state index in [2.05, 4.69) is 10.6 Å². The molecular formula is C44H44N4O9. The second-order valence-corrected chi connectivity index (χ2v) is 14.9. The zero-order valence-electron chi connectivity index (χ0n) is 31.6. The van der Waals surface area contributed by atoms with Gasteiger partial charge in [0.25, 0.3) is 5.91 Å². The Hall–Kier alpha value is -5.70. The number of hydrogen-bond acceptors (Lipinski definition) is 10. The van der Waals surface area contributed by atoms with Crippen LogP contribution in [0.4, 0.5) is 0 Å². The van der Waals surface area contributed by atoms with Crippen molar-refractivity contribution >= 4 is 29.8 Å². The van der Waals surface area contributed by atoms with Gasteiger partial charge >= 0.3 is 5.97 Å². The van der Waals surface area contributed by atoms with Crippen LogP contribution in [-0.2, 0) is 52.3 Å². The molecule has 4 aromatic carbocycles. The number of rotatable bonds is 12. The molecule has 0 radical (unpaired) electrons. The molecule has 1 aliphatic carbocycles. The number of hydroxylamine groups is 2. The minimum Gasteiger partial charge on any atom is -0.458 e. The average molecular weight is 773 g/mol. The standard InChI is InChI=1S/C44H44N4O9/c1-47(2)35(50)21-20-29-13-9-10-14-31(29)27-48-38-41(52)54-34-25-43(38,42(53)46-26-28-12-11-15-30(24-28)40(51)45-22-23-49)39(57-48)37-36(34)55-44(56-37,32-16-5-3-6-17-32)33-18-7-4-8-19-33/h3-21,24,34,36-39,49H,22-23,25-27H2,1-2H3,(H,45,51)(H,46,53)/t34-,36+,37+,38+,39-,43+/m1/s1. The predicted molar refractivity (Wildman–Crippen MR) is 206 cm³/mol. The number of aliphatic hydroxyl groups excluding tert-OH is 1. The maximum Gasteiger partial charge on any atom is 0.327 e. The number of hydrogen-bond donors (Lipinski definition) is 3. The average Bonchev–Trinajstić information content (AvgIpc) is 3.82. The summed E-state index contributed by atoms with van der Waals surface area (Å²) in [4.78, 5) is 62.8. The summed E-state index contributed by atoms with van der Waals surface area (Å²) in [6.07, 6.45) is -0.185. The van der Waals surface area contributed by atoms with E-state index in [0.717, 1.165) is 22.3 Å². The van der Waals surface area contributed by atoms with E-state index >= 15 is 0 Å². The van der Waals surface area contributed by atoms with Crippen LogP contribution in [0, 0.1) is 5.41 Å². The Balaban J connectivity index is 1.17. The van der Waals surface area contributed by atoms with Crippen molar-refractivity contribution in [2.75, 3.05) is 27.2 Å². The molecule has 6 atom stereocenters. The molecule has 3 N–H and O–H groups in total. The monoisotopic (exact) mass is 772 g/mol. The molecule has 4 aromatic rings. The number of nitrogens with one attached hydrogen (secondary N) is 2. The summed E-state index contributed by atoms with van der Waals surface area (Å²) in [5.74, 6) is -3.00. The molecule has 0 spiro atoms. The summed E-state index contributed by atoms with van der Waals surface area (Å²) in [5, 5.41) is 16.4. The van der Waals surface area contributed by atoms with Gasteiger partial charge in [-0.3, -0.25) is 24.0 Å². The van der Waals surface area contributed by atoms with E-state index in [9.17, 15) is 19.2 Å². The van der Waals surface area contributed by atoms with E-state index in [4.69, 9.17) is 24.2 Å². The van der Waals surface area contributed by atoms with Gasteiger partial charge in [-0.25, -0.2) is 0 Å². The first-order valence-corrected chi connectivity index (χ1v) is 19.0. The van der Waals surface area contributed by atoms with Crippen molar-refractivity contribution in [3.8, 4) is 0 Å². The Bertz CT molecular complexity index is 2140. The number of benzene rings is 4. The number of ether oxygens (including phenoxy) is 3. The number of aliphatic hydroxyl groups is 1. The fourth-order valence-electron chi connectivity index (χ4n) is 8.45. The smallest absolute Gasteiger partial charge is 0.327 e. The quantitative estimate of drug-likeness (QED) is 0.144. The maximum absolute atomic E-state index is 15.0. The Morgan fingerprint density at radius 1 is 0.877 bits per heavy atom. The van der Waals surface area contributed by atoms with E-state index in [1.165, 1.54) is 16.0 Å². The van der Waals surface area contributed by atoms with Crippen LogP contribution in [0.15, 0.2) is 115 Å². The minimum atomic E-state index is -1.48. The molecule has 0 unspecified atom stereocenters. The first-order chi connectivity index (χ1) is 27.6. The number of likely N-dealkylation sites (N-methyl/N-ethyl adjacent to an activating group) is 1. The minimum absolute atomic E-state index is 0.0534. The summed E-state index contributed by atoms with van der Waals surface area (Å²) in [7, 11) is 3.34. The Labute approximate surface area is 330 Å². The zero-order valence-corrected chi connectivity index (χ0v) is 31.6. The Morgan fingerprint density at radius 2 is 1.56 bits per heavy atom. The number of carbonyl (C=O) groups is 4. The molecule has 13 nitrogen and oxygen atoms in total. The topological polar surface area (TPSA) is 156 Å². The molecular weight excluding hydrogens is 729 g/mol. The van der Waals surface area contributed by atoms with Crippen LogP contribution in [0.5, 0.6) is 0 Å². The predicted octanol–water partition coefficient (Wildman–Crippen LogP) is 3.31. The molecule has 2 bridgehead atoms. The maximum atomic E-state index is 15.0. The van der Waals surface area contributed by atoms with E-state index in [1.54, 1.807) is 44.4 Å². The number of nitrogens with zero attached hydrogens (tertiary/aromatic N) is 2. The van der Waals surface area contributed by atoms with Gasteiger partial charge in [0.05, 0.1) is 13.2 Å². The highest BCUT2D eigenvalue weighted by Crippen LogP contribution is 2.59. The highest BCUT2D eigenvalue weighted by atomic mass is 16.8. The van der Waals surface area contributed by atoms with Gasteiger partial charge in [0, 0.05) is 56.4 Å². The van der Waals surface area contributed by atoms with Crippen molar-refractivity contribution < 1.29 is 43.3 Å². The second kappa shape index (κ2) is 15.7. The number of esters is 1. The molecule has 4 fully saturated rings. The Morgan fingerprint density at radius 3 is 2.26 bits per heavy atom. The van der Waals surface area contributed by atoms with Crippen LogP contribution in [-0.4, -0.2) is 96.5 Å². The highest BCUT2D eigenvalue weighted by Gasteiger charge is 2.76. The molecule has 3 amide bonds. The van der Waals surface area contributed by atoms with E-state index in [-0.39, 0.29) is 44.5 Å². The largest absolute Gasteiger partial charge is 0.458 e. The van der Waals surface area contributed by atoms with Gasteiger partial charge in [-0.2, -0.15) is 5.06 Å². The fraction of sp³-hybridized carbons (Fsp3) is 0.318. The third kappa shape index (κ3) is 6.91. The molecule has 3 saturated heterocycles. The molecule has 294 valence electrons. The fourth-order valence-corrected chi connectivity index (χ4v) is 8.45. The lowest BCUT2D eigenvalue weighted by Gasteiger charge is -2.48. The van der Waals surface area contributed by atoms with Crippen LogP contribution in [0.2, 0.25) is 0 Å². The van der Waals surface area contributed by atoms with Crippen LogP contribution in [0.1, 0.15) is 44.6 Å². The van der Waals surface area contributed by atoms with Crippen molar-refractivity contribution in [1.82, 2.24) is 20.6 Å². The second-order valence-electron chi connectivity index (χ2n) is 14.9. The number of fused-ring (bicyclic) bond motifs is 4. The molecule has 8 rings (SSSR count). The van der Waals surface area contributed by atoms with Gasteiger partial charge in [-0.1, -0.05) is 97.1 Å². The van der Waals surface area contributed by atoms with Crippen molar-refractivity contribution in [3.05, 3.63) is 149 Å². The lowest BCUT2D eigenvalue weighted by atomic mass is 9.62. The van der Waals surface area contributed by atoms with Crippen molar-refractivity contribution in [2.24, 2.45) is 5.41 Å². The first-order valence-electron chi connectivity index (χ1n) is 19.0. The number of carbonyl (C=O) groups excluding carboxylic acids is 4. The third-order valence-electron chi connectivity index (χ3n) is 11.2. The van der Waals surface area contributed by atoms with Crippen molar-refractivity contribution in [2.45, 2.75) is 55.8 Å². The van der Waals surface area contributed by atoms with Crippen molar-refractivity contribution in [3.63, 3.8) is 0 Å². The molecule has 3 aliphatic heterocycles. The SMILES string of the molecule is CN(C)C(=O)C=Cc1ccccc1CN1O[C@@H]2[C@H]3OC(c4ccccc4)(c4ccccc4)O[C@H]3[C@H]3C[C@]2(C(=O)NCc2cccc(C(=O)NCCO)c2)[C@@H]1C(=O)O3. The Kier molecular flexibility index (Phi) is 10.5. The normalized spacial score (nSPS) is 25.7. The lowest BCUT2D eigenvalue weighted by molar-refractivity contribution is -0.213. The van der Waals surface area contributed by atoms with Crippen LogP contribution >= 0.6 is 0 Å². The molecule has 0 aromatic heterocycles. The van der Waals surface area contributed by atoms with Gasteiger partial charge in [-0.15, -0.1) is 0 Å². The number of amides is 3. The summed E-state index contributed by atoms with van der Waals surface area (Å²) in [6, 6.07) is 32.2. The van der Waals surface area contributed by atoms with Gasteiger partial charge in [0.1, 0.15) is 29.8 Å². The summed E-state index contributed by atoms with van der Waals surface area (Å²) in [5.41, 5.74) is 2.50. The van der Waals surface area contributed by atoms with Crippen LogP contribution in [0.25, 0.3) is 6.08 Å².